The van der Waals surface area contributed by atoms with Crippen LogP contribution in [0, 0.1) is 0 Å². The minimum absolute atomic E-state index is 0.210. The maximum Gasteiger partial charge on any atom is 0.177 e. The molecule has 0 atom stereocenters. The smallest absolute Gasteiger partial charge is 0.177 e. The van der Waals surface area contributed by atoms with Gasteiger partial charge in [0.25, 0.3) is 0 Å². The normalized spacial score (nSPS) is 11.9. The Balaban J connectivity index is 1.76. The van der Waals surface area contributed by atoms with Crippen molar-refractivity contribution in [1.82, 2.24) is 24.5 Å². The van der Waals surface area contributed by atoms with E-state index in [9.17, 15) is 8.42 Å². The Morgan fingerprint density at radius 3 is 2.55 bits per heavy atom. The number of benzene rings is 2. The number of sulfone groups is 1. The second-order valence-corrected chi connectivity index (χ2v) is 9.25. The summed E-state index contributed by atoms with van der Waals surface area (Å²) in [6.45, 7) is 0.434. The number of nitrogens with two attached hydrogens (primary N) is 1. The number of nitrogen functional groups attached to an aromatic ring is 1. The Kier molecular flexibility index (Phi) is 4.40. The quantitative estimate of drug-likeness (QED) is 0.466. The van der Waals surface area contributed by atoms with E-state index in [0.717, 1.165) is 16.5 Å². The van der Waals surface area contributed by atoms with Gasteiger partial charge < -0.3 is 10.3 Å². The first kappa shape index (κ1) is 19.1. The number of fused-ring (bicyclic) bond motifs is 2. The number of aromatic nitrogens is 5. The molecule has 0 radical (unpaired) electrons. The molecule has 31 heavy (non-hydrogen) atoms. The van der Waals surface area contributed by atoms with Crippen LogP contribution in [-0.2, 0) is 16.4 Å². The highest BCUT2D eigenvalue weighted by atomic mass is 32.2. The first-order chi connectivity index (χ1) is 14.9. The van der Waals surface area contributed by atoms with E-state index in [1.165, 1.54) is 12.6 Å². The van der Waals surface area contributed by atoms with E-state index in [2.05, 4.69) is 15.0 Å². The average molecular weight is 430 g/mol. The number of nitrogens with zero attached hydrogens (tertiary/aromatic N) is 5. The molecule has 154 valence electrons. The van der Waals surface area contributed by atoms with Crippen molar-refractivity contribution in [3.63, 3.8) is 0 Å². The number of pyridine rings is 1. The van der Waals surface area contributed by atoms with Gasteiger partial charge in [-0.25, -0.2) is 28.4 Å². The molecule has 9 heteroatoms. The van der Waals surface area contributed by atoms with E-state index in [1.54, 1.807) is 18.5 Å². The minimum Gasteiger partial charge on any atom is -0.382 e. The molecule has 0 aliphatic rings. The summed E-state index contributed by atoms with van der Waals surface area (Å²) in [5.74, 6) is 0.321. The molecule has 0 aliphatic heterocycles. The third kappa shape index (κ3) is 3.38. The summed E-state index contributed by atoms with van der Waals surface area (Å²) in [5, 5.41) is 0.746. The maximum atomic E-state index is 12.3. The van der Waals surface area contributed by atoms with Crippen LogP contribution in [0.5, 0.6) is 0 Å². The first-order valence-corrected chi connectivity index (χ1v) is 11.4. The van der Waals surface area contributed by atoms with Crippen LogP contribution < -0.4 is 5.73 Å². The van der Waals surface area contributed by atoms with E-state index in [1.807, 2.05) is 47.0 Å². The van der Waals surface area contributed by atoms with Crippen LogP contribution in [0.3, 0.4) is 0 Å². The van der Waals surface area contributed by atoms with Crippen molar-refractivity contribution in [3.8, 4) is 11.3 Å². The fourth-order valence-electron chi connectivity index (χ4n) is 3.68. The summed E-state index contributed by atoms with van der Waals surface area (Å²) < 4.78 is 26.5. The van der Waals surface area contributed by atoms with Gasteiger partial charge in [0.15, 0.2) is 21.3 Å². The third-order valence-electron chi connectivity index (χ3n) is 5.10. The van der Waals surface area contributed by atoms with Crippen molar-refractivity contribution in [3.05, 3.63) is 72.8 Å². The Hall–Kier alpha value is -3.85. The van der Waals surface area contributed by atoms with Gasteiger partial charge in [-0.1, -0.05) is 42.5 Å². The van der Waals surface area contributed by atoms with Crippen molar-refractivity contribution < 1.29 is 8.42 Å². The lowest BCUT2D eigenvalue weighted by atomic mass is 10.0. The maximum absolute atomic E-state index is 12.3. The number of imidazole rings is 1. The Labute approximate surface area is 178 Å². The predicted molar refractivity (Wildman–Crippen MR) is 119 cm³/mol. The summed E-state index contributed by atoms with van der Waals surface area (Å²) in [6, 6.07) is 16.8. The number of para-hydroxylation sites is 1. The Bertz CT molecular complexity index is 1550. The van der Waals surface area contributed by atoms with Gasteiger partial charge in [-0.2, -0.15) is 0 Å². The zero-order valence-corrected chi connectivity index (χ0v) is 17.4. The summed E-state index contributed by atoms with van der Waals surface area (Å²) in [5.41, 5.74) is 10.0. The van der Waals surface area contributed by atoms with Crippen LogP contribution in [0.15, 0.2) is 72.1 Å². The zero-order valence-electron chi connectivity index (χ0n) is 16.6. The van der Waals surface area contributed by atoms with Gasteiger partial charge >= 0.3 is 0 Å². The van der Waals surface area contributed by atoms with Gasteiger partial charge in [-0.05, 0) is 17.7 Å². The van der Waals surface area contributed by atoms with Crippen molar-refractivity contribution in [2.45, 2.75) is 11.4 Å². The predicted octanol–water partition coefficient (Wildman–Crippen LogP) is 3.08. The highest BCUT2D eigenvalue weighted by Gasteiger charge is 2.18. The van der Waals surface area contributed by atoms with Crippen LogP contribution in [0.4, 0.5) is 5.82 Å². The van der Waals surface area contributed by atoms with Crippen molar-refractivity contribution in [2.24, 2.45) is 0 Å². The number of hydrogen-bond acceptors (Lipinski definition) is 7. The molecule has 0 unspecified atom stereocenters. The number of anilines is 1. The van der Waals surface area contributed by atoms with Crippen LogP contribution >= 0.6 is 0 Å². The molecule has 0 aliphatic carbocycles. The van der Waals surface area contributed by atoms with Gasteiger partial charge in [0.1, 0.15) is 11.8 Å². The number of rotatable bonds is 4. The first-order valence-electron chi connectivity index (χ1n) is 9.51. The fourth-order valence-corrected chi connectivity index (χ4v) is 4.52. The van der Waals surface area contributed by atoms with Gasteiger partial charge in [0.05, 0.1) is 29.0 Å². The molecule has 0 amide bonds. The molecule has 3 aromatic heterocycles. The summed E-state index contributed by atoms with van der Waals surface area (Å²) in [6.07, 6.45) is 4.27. The van der Waals surface area contributed by atoms with E-state index >= 15 is 0 Å². The standard InChI is InChI=1S/C22H18N6O2S/c1-31(29,30)17-9-5-8-15-10-16(18(27-19(15)17)14-6-3-2-4-7-14)11-28-13-26-20-21(23)24-12-25-22(20)28/h2-10,12-13H,11H2,1H3,(H2,23,24,25). The molecule has 2 aromatic carbocycles. The van der Waals surface area contributed by atoms with Crippen molar-refractivity contribution in [2.75, 3.05) is 12.0 Å². The summed E-state index contributed by atoms with van der Waals surface area (Å²) in [7, 11) is -3.43. The van der Waals surface area contributed by atoms with Crippen LogP contribution in [0.1, 0.15) is 5.56 Å². The van der Waals surface area contributed by atoms with E-state index in [4.69, 9.17) is 10.7 Å². The summed E-state index contributed by atoms with van der Waals surface area (Å²) >= 11 is 0. The molecule has 3 heterocycles. The van der Waals surface area contributed by atoms with Crippen LogP contribution in [0.25, 0.3) is 33.3 Å². The topological polar surface area (TPSA) is 117 Å². The van der Waals surface area contributed by atoms with Crippen molar-refractivity contribution >= 4 is 37.7 Å². The number of hydrogen-bond donors (Lipinski definition) is 1. The lowest BCUT2D eigenvalue weighted by Crippen LogP contribution is -2.05. The molecule has 0 saturated heterocycles. The monoisotopic (exact) mass is 430 g/mol. The van der Waals surface area contributed by atoms with Gasteiger partial charge in [0.2, 0.25) is 0 Å². The molecule has 2 N–H and O–H groups in total. The zero-order chi connectivity index (χ0) is 21.6. The Morgan fingerprint density at radius 1 is 0.968 bits per heavy atom. The highest BCUT2D eigenvalue weighted by Crippen LogP contribution is 2.30. The second-order valence-electron chi connectivity index (χ2n) is 7.27. The van der Waals surface area contributed by atoms with Crippen LogP contribution in [0.2, 0.25) is 0 Å². The summed E-state index contributed by atoms with van der Waals surface area (Å²) in [4.78, 5) is 17.7. The second kappa shape index (κ2) is 7.13. The molecule has 5 rings (SSSR count). The lowest BCUT2D eigenvalue weighted by Gasteiger charge is -2.14. The van der Waals surface area contributed by atoms with Gasteiger partial charge in [-0.15, -0.1) is 0 Å². The van der Waals surface area contributed by atoms with E-state index < -0.39 is 9.84 Å². The average Bonchev–Trinajstić information content (AvgIpc) is 3.17. The molecular weight excluding hydrogens is 412 g/mol. The van der Waals surface area contributed by atoms with Gasteiger partial charge in [-0.3, -0.25) is 0 Å². The SMILES string of the molecule is CS(=O)(=O)c1cccc2cc(Cn3cnc4c(N)ncnc43)c(-c3ccccc3)nc12. The van der Waals surface area contributed by atoms with E-state index in [-0.39, 0.29) is 4.90 Å². The molecule has 0 spiro atoms. The molecule has 8 nitrogen and oxygen atoms in total. The van der Waals surface area contributed by atoms with Crippen molar-refractivity contribution in [1.29, 1.82) is 0 Å². The molecular formula is C22H18N6O2S. The van der Waals surface area contributed by atoms with E-state index in [0.29, 0.717) is 34.7 Å². The van der Waals surface area contributed by atoms with Crippen LogP contribution in [-0.4, -0.2) is 39.2 Å². The highest BCUT2D eigenvalue weighted by molar-refractivity contribution is 7.91. The lowest BCUT2D eigenvalue weighted by molar-refractivity contribution is 0.602. The Morgan fingerprint density at radius 2 is 1.77 bits per heavy atom. The van der Waals surface area contributed by atoms with Gasteiger partial charge in [0, 0.05) is 17.2 Å². The fraction of sp³-hybridized carbons (Fsp3) is 0.0909. The largest absolute Gasteiger partial charge is 0.382 e. The molecule has 0 bridgehead atoms. The molecule has 0 saturated carbocycles. The molecule has 0 fully saturated rings. The third-order valence-corrected chi connectivity index (χ3v) is 6.23. The molecule has 5 aromatic rings. The minimum atomic E-state index is -3.43.